The van der Waals surface area contributed by atoms with E-state index < -0.39 is 4.92 Å². The molecule has 0 aliphatic carbocycles. The molecule has 0 saturated heterocycles. The van der Waals surface area contributed by atoms with Crippen molar-refractivity contribution in [2.75, 3.05) is 23.8 Å². The molecule has 6 nitrogen and oxygen atoms in total. The first kappa shape index (κ1) is 13.2. The molecule has 0 aromatic heterocycles. The summed E-state index contributed by atoms with van der Waals surface area (Å²) in [7, 11) is 0. The van der Waals surface area contributed by atoms with Crippen molar-refractivity contribution in [3.05, 3.63) is 28.3 Å². The van der Waals surface area contributed by atoms with Crippen LogP contribution in [-0.4, -0.2) is 29.2 Å². The first-order chi connectivity index (χ1) is 7.97. The van der Waals surface area contributed by atoms with Gasteiger partial charge in [-0.05, 0) is 26.0 Å². The van der Waals surface area contributed by atoms with Crippen LogP contribution in [0.3, 0.4) is 0 Å². The Labute approximate surface area is 99.8 Å². The molecule has 0 atom stereocenters. The molecule has 0 radical (unpaired) electrons. The number of aliphatic hydroxyl groups excluding tert-OH is 1. The molecule has 0 aliphatic rings. The molecule has 3 N–H and O–H groups in total. The highest BCUT2D eigenvalue weighted by Crippen LogP contribution is 2.27. The summed E-state index contributed by atoms with van der Waals surface area (Å²) in [5.74, 6) is 0. The second-order valence-electron chi connectivity index (χ2n) is 4.01. The number of aliphatic hydroxyl groups is 1. The van der Waals surface area contributed by atoms with Crippen molar-refractivity contribution in [3.63, 3.8) is 0 Å². The number of anilines is 2. The first-order valence-electron chi connectivity index (χ1n) is 5.38. The third-order valence-electron chi connectivity index (χ3n) is 2.50. The Balaban J connectivity index is 3.06. The normalized spacial score (nSPS) is 10.6. The molecule has 0 aliphatic heterocycles. The molecule has 0 fully saturated rings. The van der Waals surface area contributed by atoms with E-state index in [2.05, 4.69) is 0 Å². The molecule has 17 heavy (non-hydrogen) atoms. The van der Waals surface area contributed by atoms with E-state index in [1.807, 2.05) is 18.7 Å². The Morgan fingerprint density at radius 3 is 2.59 bits per heavy atom. The molecular weight excluding hydrogens is 222 g/mol. The van der Waals surface area contributed by atoms with Crippen LogP contribution >= 0.6 is 0 Å². The first-order valence-corrected chi connectivity index (χ1v) is 5.38. The number of hydrogen-bond donors (Lipinski definition) is 2. The van der Waals surface area contributed by atoms with Gasteiger partial charge in [-0.3, -0.25) is 10.1 Å². The lowest BCUT2D eigenvalue weighted by atomic mass is 10.2. The number of nitrogens with zero attached hydrogens (tertiary/aromatic N) is 2. The molecule has 94 valence electrons. The number of nitro groups is 1. The predicted molar refractivity (Wildman–Crippen MR) is 67.1 cm³/mol. The van der Waals surface area contributed by atoms with Gasteiger partial charge in [0.05, 0.1) is 11.5 Å². The molecule has 0 bridgehead atoms. The number of nitrogens with two attached hydrogens (primary N) is 1. The number of benzene rings is 1. The molecule has 0 spiro atoms. The zero-order valence-electron chi connectivity index (χ0n) is 9.96. The van der Waals surface area contributed by atoms with E-state index >= 15 is 0 Å². The Morgan fingerprint density at radius 1 is 1.53 bits per heavy atom. The van der Waals surface area contributed by atoms with Gasteiger partial charge in [-0.15, -0.1) is 0 Å². The summed E-state index contributed by atoms with van der Waals surface area (Å²) in [6.07, 6.45) is 0. The summed E-state index contributed by atoms with van der Waals surface area (Å²) in [4.78, 5) is 12.1. The van der Waals surface area contributed by atoms with Crippen LogP contribution in [-0.2, 0) is 0 Å². The van der Waals surface area contributed by atoms with Crippen LogP contribution in [0.1, 0.15) is 13.8 Å². The Morgan fingerprint density at radius 2 is 2.18 bits per heavy atom. The van der Waals surface area contributed by atoms with Crippen LogP contribution in [0.5, 0.6) is 0 Å². The van der Waals surface area contributed by atoms with Gasteiger partial charge in [0.2, 0.25) is 0 Å². The second-order valence-corrected chi connectivity index (χ2v) is 4.01. The topological polar surface area (TPSA) is 92.6 Å². The number of rotatable bonds is 5. The maximum Gasteiger partial charge on any atom is 0.292 e. The summed E-state index contributed by atoms with van der Waals surface area (Å²) >= 11 is 0. The van der Waals surface area contributed by atoms with Gasteiger partial charge in [0.25, 0.3) is 5.69 Å². The molecule has 0 heterocycles. The van der Waals surface area contributed by atoms with Gasteiger partial charge in [-0.25, -0.2) is 0 Å². The van der Waals surface area contributed by atoms with Crippen LogP contribution in [0.25, 0.3) is 0 Å². The van der Waals surface area contributed by atoms with Crippen molar-refractivity contribution < 1.29 is 10.0 Å². The highest BCUT2D eigenvalue weighted by molar-refractivity contribution is 5.66. The summed E-state index contributed by atoms with van der Waals surface area (Å²) < 4.78 is 0. The zero-order valence-corrected chi connectivity index (χ0v) is 9.96. The maximum absolute atomic E-state index is 10.6. The largest absolute Gasteiger partial charge is 0.395 e. The predicted octanol–water partition coefficient (Wildman–Crippen LogP) is 1.38. The lowest BCUT2D eigenvalue weighted by Crippen LogP contribution is -2.33. The van der Waals surface area contributed by atoms with Crippen molar-refractivity contribution >= 4 is 17.1 Å². The summed E-state index contributed by atoms with van der Waals surface area (Å²) in [6.45, 7) is 4.45. The summed E-state index contributed by atoms with van der Waals surface area (Å²) in [6, 6.07) is 4.78. The van der Waals surface area contributed by atoms with E-state index in [1.165, 1.54) is 6.07 Å². The minimum absolute atomic E-state index is 0.0229. The van der Waals surface area contributed by atoms with Gasteiger partial charge in [-0.2, -0.15) is 0 Å². The summed E-state index contributed by atoms with van der Waals surface area (Å²) in [5.41, 5.74) is 6.44. The quantitative estimate of drug-likeness (QED) is 0.460. The standard InChI is InChI=1S/C11H17N3O3/c1-8(2)13(5-6-15)9-3-4-11(14(16)17)10(12)7-9/h3-4,7-8,15H,5-6,12H2,1-2H3. The molecular formula is C11H17N3O3. The van der Waals surface area contributed by atoms with Crippen LogP contribution < -0.4 is 10.6 Å². The maximum atomic E-state index is 10.6. The molecule has 0 saturated carbocycles. The molecule has 0 unspecified atom stereocenters. The fourth-order valence-corrected chi connectivity index (χ4v) is 1.68. The minimum atomic E-state index is -0.509. The second kappa shape index (κ2) is 5.49. The van der Waals surface area contributed by atoms with Crippen LogP contribution in [0, 0.1) is 10.1 Å². The number of hydrogen-bond acceptors (Lipinski definition) is 5. The minimum Gasteiger partial charge on any atom is -0.395 e. The lowest BCUT2D eigenvalue weighted by Gasteiger charge is -2.28. The van der Waals surface area contributed by atoms with Gasteiger partial charge in [-0.1, -0.05) is 0 Å². The van der Waals surface area contributed by atoms with Crippen molar-refractivity contribution in [2.24, 2.45) is 0 Å². The molecule has 6 heteroatoms. The van der Waals surface area contributed by atoms with E-state index in [4.69, 9.17) is 10.8 Å². The monoisotopic (exact) mass is 239 g/mol. The van der Waals surface area contributed by atoms with Crippen LogP contribution in [0.2, 0.25) is 0 Å². The van der Waals surface area contributed by atoms with Crippen molar-refractivity contribution in [3.8, 4) is 0 Å². The van der Waals surface area contributed by atoms with Crippen LogP contribution in [0.4, 0.5) is 17.1 Å². The Bertz CT molecular complexity index is 407. The lowest BCUT2D eigenvalue weighted by molar-refractivity contribution is -0.383. The average Bonchev–Trinajstić information content (AvgIpc) is 2.24. The van der Waals surface area contributed by atoms with Crippen molar-refractivity contribution in [1.29, 1.82) is 0 Å². The fourth-order valence-electron chi connectivity index (χ4n) is 1.68. The van der Waals surface area contributed by atoms with Gasteiger partial charge in [0.15, 0.2) is 0 Å². The van der Waals surface area contributed by atoms with E-state index in [0.717, 1.165) is 5.69 Å². The molecule has 1 aromatic rings. The van der Waals surface area contributed by atoms with E-state index in [-0.39, 0.29) is 24.0 Å². The van der Waals surface area contributed by atoms with Gasteiger partial charge in [0.1, 0.15) is 5.69 Å². The average molecular weight is 239 g/mol. The van der Waals surface area contributed by atoms with Crippen molar-refractivity contribution in [2.45, 2.75) is 19.9 Å². The van der Waals surface area contributed by atoms with Crippen LogP contribution in [0.15, 0.2) is 18.2 Å². The van der Waals surface area contributed by atoms with E-state index in [1.54, 1.807) is 12.1 Å². The Hall–Kier alpha value is -1.82. The van der Waals surface area contributed by atoms with E-state index in [9.17, 15) is 10.1 Å². The zero-order chi connectivity index (χ0) is 13.0. The fraction of sp³-hybridized carbons (Fsp3) is 0.455. The van der Waals surface area contributed by atoms with Gasteiger partial charge < -0.3 is 15.7 Å². The van der Waals surface area contributed by atoms with Gasteiger partial charge in [0, 0.05) is 24.3 Å². The highest BCUT2D eigenvalue weighted by atomic mass is 16.6. The van der Waals surface area contributed by atoms with E-state index in [0.29, 0.717) is 6.54 Å². The Kier molecular flexibility index (Phi) is 4.28. The number of nitrogen functional groups attached to an aromatic ring is 1. The number of nitro benzene ring substituents is 1. The highest BCUT2D eigenvalue weighted by Gasteiger charge is 2.15. The van der Waals surface area contributed by atoms with Gasteiger partial charge >= 0.3 is 0 Å². The van der Waals surface area contributed by atoms with Crippen molar-refractivity contribution in [1.82, 2.24) is 0 Å². The third-order valence-corrected chi connectivity index (χ3v) is 2.50. The smallest absolute Gasteiger partial charge is 0.292 e. The SMILES string of the molecule is CC(C)N(CCO)c1ccc([N+](=O)[O-])c(N)c1. The molecule has 0 amide bonds. The third kappa shape index (κ3) is 3.07. The molecule has 1 rings (SSSR count). The summed E-state index contributed by atoms with van der Waals surface area (Å²) in [5, 5.41) is 19.6. The molecule has 1 aromatic carbocycles.